The van der Waals surface area contributed by atoms with Crippen molar-refractivity contribution in [3.05, 3.63) is 0 Å². The first-order chi connectivity index (χ1) is 8.16. The Morgan fingerprint density at radius 3 is 2.44 bits per heavy atom. The van der Waals surface area contributed by atoms with Gasteiger partial charge < -0.3 is 10.6 Å². The second kappa shape index (κ2) is 7.34. The molecule has 18 heavy (non-hydrogen) atoms. The lowest BCUT2D eigenvalue weighted by Crippen LogP contribution is -2.43. The topological polar surface area (TPSA) is 46.3 Å². The fourth-order valence-corrected chi connectivity index (χ4v) is 3.23. The first-order valence-corrected chi connectivity index (χ1v) is 7.22. The fraction of sp³-hybridized carbons (Fsp3) is 0.929. The highest BCUT2D eigenvalue weighted by molar-refractivity contribution is 5.85. The maximum Gasteiger partial charge on any atom is 0.223 e. The van der Waals surface area contributed by atoms with Crippen molar-refractivity contribution in [3.63, 3.8) is 0 Å². The molecular formula is C14H27ClN2O. The molecule has 0 aromatic heterocycles. The van der Waals surface area contributed by atoms with Crippen molar-refractivity contribution in [1.82, 2.24) is 4.90 Å². The average Bonchev–Trinajstić information content (AvgIpc) is 2.32. The maximum absolute atomic E-state index is 12.3. The van der Waals surface area contributed by atoms with Crippen LogP contribution in [0.2, 0.25) is 0 Å². The van der Waals surface area contributed by atoms with Crippen LogP contribution in [0, 0.1) is 5.92 Å². The van der Waals surface area contributed by atoms with Crippen LogP contribution in [0.25, 0.3) is 0 Å². The van der Waals surface area contributed by atoms with E-state index in [0.717, 1.165) is 38.6 Å². The van der Waals surface area contributed by atoms with Gasteiger partial charge >= 0.3 is 0 Å². The fourth-order valence-electron chi connectivity index (χ4n) is 3.23. The van der Waals surface area contributed by atoms with E-state index in [9.17, 15) is 4.79 Å². The van der Waals surface area contributed by atoms with Crippen molar-refractivity contribution in [2.75, 3.05) is 6.54 Å². The van der Waals surface area contributed by atoms with E-state index in [1.165, 1.54) is 19.3 Å². The molecule has 1 atom stereocenters. The first-order valence-electron chi connectivity index (χ1n) is 7.22. The van der Waals surface area contributed by atoms with Gasteiger partial charge in [-0.25, -0.2) is 0 Å². The van der Waals surface area contributed by atoms with Crippen LogP contribution in [0.3, 0.4) is 0 Å². The first kappa shape index (κ1) is 15.8. The number of halogens is 1. The standard InChI is InChI=1S/C14H26N2O.ClH/c1-11-4-2-3-9-16(11)14(17)10-12-5-7-13(15)8-6-12;/h11-13H,2-10,15H2,1H3;1H. The van der Waals surface area contributed by atoms with E-state index in [1.807, 2.05) is 0 Å². The summed E-state index contributed by atoms with van der Waals surface area (Å²) in [5.41, 5.74) is 5.90. The zero-order chi connectivity index (χ0) is 12.3. The summed E-state index contributed by atoms with van der Waals surface area (Å²) in [6.45, 7) is 3.17. The number of piperidine rings is 1. The van der Waals surface area contributed by atoms with Crippen molar-refractivity contribution >= 4 is 18.3 Å². The van der Waals surface area contributed by atoms with Gasteiger partial charge in [-0.15, -0.1) is 12.4 Å². The van der Waals surface area contributed by atoms with Gasteiger partial charge in [0.2, 0.25) is 5.91 Å². The molecule has 106 valence electrons. The summed E-state index contributed by atoms with van der Waals surface area (Å²) in [5.74, 6) is 0.981. The number of hydrogen-bond acceptors (Lipinski definition) is 2. The highest BCUT2D eigenvalue weighted by atomic mass is 35.5. The average molecular weight is 275 g/mol. The number of carbonyl (C=O) groups is 1. The van der Waals surface area contributed by atoms with Crippen molar-refractivity contribution in [2.45, 2.75) is 70.4 Å². The minimum Gasteiger partial charge on any atom is -0.340 e. The largest absolute Gasteiger partial charge is 0.340 e. The van der Waals surface area contributed by atoms with Gasteiger partial charge in [0.25, 0.3) is 0 Å². The van der Waals surface area contributed by atoms with Crippen LogP contribution in [0.1, 0.15) is 58.3 Å². The van der Waals surface area contributed by atoms with Crippen LogP contribution in [-0.4, -0.2) is 29.4 Å². The summed E-state index contributed by atoms with van der Waals surface area (Å²) < 4.78 is 0. The van der Waals surface area contributed by atoms with Crippen molar-refractivity contribution in [2.24, 2.45) is 11.7 Å². The smallest absolute Gasteiger partial charge is 0.223 e. The molecular weight excluding hydrogens is 248 g/mol. The lowest BCUT2D eigenvalue weighted by molar-refractivity contribution is -0.135. The van der Waals surface area contributed by atoms with E-state index in [0.29, 0.717) is 23.9 Å². The van der Waals surface area contributed by atoms with Crippen molar-refractivity contribution in [1.29, 1.82) is 0 Å². The lowest BCUT2D eigenvalue weighted by atomic mass is 9.84. The summed E-state index contributed by atoms with van der Waals surface area (Å²) >= 11 is 0. The van der Waals surface area contributed by atoms with E-state index in [2.05, 4.69) is 11.8 Å². The van der Waals surface area contributed by atoms with E-state index in [-0.39, 0.29) is 12.4 Å². The number of rotatable bonds is 2. The Balaban J connectivity index is 0.00000162. The molecule has 0 spiro atoms. The monoisotopic (exact) mass is 274 g/mol. The molecule has 1 saturated heterocycles. The molecule has 1 unspecified atom stereocenters. The molecule has 0 aromatic rings. The normalized spacial score (nSPS) is 32.8. The Morgan fingerprint density at radius 2 is 1.83 bits per heavy atom. The highest BCUT2D eigenvalue weighted by Crippen LogP contribution is 2.27. The molecule has 3 nitrogen and oxygen atoms in total. The molecule has 1 aliphatic heterocycles. The van der Waals surface area contributed by atoms with Crippen LogP contribution >= 0.6 is 12.4 Å². The predicted octanol–water partition coefficient (Wildman–Crippen LogP) is 2.72. The van der Waals surface area contributed by atoms with Gasteiger partial charge in [0.05, 0.1) is 0 Å². The second-order valence-electron chi connectivity index (χ2n) is 5.92. The molecule has 1 heterocycles. The number of nitrogens with two attached hydrogens (primary N) is 1. The maximum atomic E-state index is 12.3. The summed E-state index contributed by atoms with van der Waals surface area (Å²) in [7, 11) is 0. The van der Waals surface area contributed by atoms with Gasteiger partial charge in [-0.3, -0.25) is 4.79 Å². The van der Waals surface area contributed by atoms with E-state index in [4.69, 9.17) is 5.73 Å². The summed E-state index contributed by atoms with van der Waals surface area (Å²) in [5, 5.41) is 0. The third kappa shape index (κ3) is 4.13. The molecule has 2 N–H and O–H groups in total. The van der Waals surface area contributed by atoms with Crippen LogP contribution < -0.4 is 5.73 Å². The minimum absolute atomic E-state index is 0. The molecule has 1 saturated carbocycles. The Hall–Kier alpha value is -0.280. The third-order valence-corrected chi connectivity index (χ3v) is 4.48. The lowest BCUT2D eigenvalue weighted by Gasteiger charge is -2.35. The molecule has 0 bridgehead atoms. The van der Waals surface area contributed by atoms with Gasteiger partial charge in [0, 0.05) is 25.0 Å². The van der Waals surface area contributed by atoms with Crippen LogP contribution in [0.4, 0.5) is 0 Å². The number of carbonyl (C=O) groups excluding carboxylic acids is 1. The Bertz CT molecular complexity index is 265. The van der Waals surface area contributed by atoms with Crippen LogP contribution in [-0.2, 0) is 4.79 Å². The number of nitrogens with zero attached hydrogens (tertiary/aromatic N) is 1. The number of amides is 1. The van der Waals surface area contributed by atoms with E-state index >= 15 is 0 Å². The van der Waals surface area contributed by atoms with Gasteiger partial charge in [0.1, 0.15) is 0 Å². The molecule has 0 aromatic carbocycles. The molecule has 0 radical (unpaired) electrons. The van der Waals surface area contributed by atoms with Gasteiger partial charge in [-0.05, 0) is 57.8 Å². The Morgan fingerprint density at radius 1 is 1.17 bits per heavy atom. The zero-order valence-corrected chi connectivity index (χ0v) is 12.3. The summed E-state index contributed by atoms with van der Waals surface area (Å²) in [6, 6.07) is 0.845. The number of hydrogen-bond donors (Lipinski definition) is 1. The zero-order valence-electron chi connectivity index (χ0n) is 11.4. The van der Waals surface area contributed by atoms with Gasteiger partial charge in [-0.2, -0.15) is 0 Å². The minimum atomic E-state index is 0. The van der Waals surface area contributed by atoms with E-state index < -0.39 is 0 Å². The summed E-state index contributed by atoms with van der Waals surface area (Å²) in [4.78, 5) is 14.4. The Labute approximate surface area is 117 Å². The highest BCUT2D eigenvalue weighted by Gasteiger charge is 2.27. The number of likely N-dealkylation sites (tertiary alicyclic amines) is 1. The van der Waals surface area contributed by atoms with Crippen molar-refractivity contribution in [3.8, 4) is 0 Å². The molecule has 1 aliphatic carbocycles. The van der Waals surface area contributed by atoms with Crippen LogP contribution in [0.5, 0.6) is 0 Å². The molecule has 4 heteroatoms. The molecule has 2 aliphatic rings. The predicted molar refractivity (Wildman–Crippen MR) is 76.8 cm³/mol. The Kier molecular flexibility index (Phi) is 6.44. The van der Waals surface area contributed by atoms with E-state index in [1.54, 1.807) is 0 Å². The molecule has 2 fully saturated rings. The van der Waals surface area contributed by atoms with Crippen LogP contribution in [0.15, 0.2) is 0 Å². The summed E-state index contributed by atoms with van der Waals surface area (Å²) in [6.07, 6.45) is 8.92. The van der Waals surface area contributed by atoms with Crippen molar-refractivity contribution < 1.29 is 4.79 Å². The van der Waals surface area contributed by atoms with Gasteiger partial charge in [0.15, 0.2) is 0 Å². The second-order valence-corrected chi connectivity index (χ2v) is 5.92. The molecule has 2 rings (SSSR count). The quantitative estimate of drug-likeness (QED) is 0.842. The third-order valence-electron chi connectivity index (χ3n) is 4.48. The molecule has 1 amide bonds. The van der Waals surface area contributed by atoms with Gasteiger partial charge in [-0.1, -0.05) is 0 Å². The SMILES string of the molecule is CC1CCCCN1C(=O)CC1CCC(N)CC1.Cl.